The Labute approximate surface area is 177 Å². The molecular weight excluding hydrogens is 380 g/mol. The second-order valence-electron chi connectivity index (χ2n) is 8.22. The lowest BCUT2D eigenvalue weighted by Crippen LogP contribution is -2.43. The number of benzene rings is 2. The third kappa shape index (κ3) is 5.19. The van der Waals surface area contributed by atoms with E-state index in [2.05, 4.69) is 35.2 Å². The van der Waals surface area contributed by atoms with Crippen LogP contribution in [0, 0.1) is 5.92 Å². The number of fused-ring (bicyclic) bond motifs is 1. The number of nitrogens with two attached hydrogens (primary N) is 1. The summed E-state index contributed by atoms with van der Waals surface area (Å²) < 4.78 is 11.2. The van der Waals surface area contributed by atoms with Gasteiger partial charge in [0.05, 0.1) is 13.2 Å². The lowest BCUT2D eigenvalue weighted by Gasteiger charge is -2.31. The van der Waals surface area contributed by atoms with Gasteiger partial charge < -0.3 is 25.2 Å². The highest BCUT2D eigenvalue weighted by Gasteiger charge is 2.24. The van der Waals surface area contributed by atoms with E-state index < -0.39 is 6.10 Å². The van der Waals surface area contributed by atoms with Gasteiger partial charge in [0, 0.05) is 12.5 Å². The highest BCUT2D eigenvalue weighted by atomic mass is 16.5. The number of aliphatic hydroxyl groups excluding tert-OH is 1. The van der Waals surface area contributed by atoms with E-state index in [4.69, 9.17) is 15.2 Å². The van der Waals surface area contributed by atoms with Crippen LogP contribution >= 0.6 is 0 Å². The number of nitrogens with zero attached hydrogens (tertiary/aromatic N) is 1. The second-order valence-corrected chi connectivity index (χ2v) is 8.22. The van der Waals surface area contributed by atoms with E-state index in [1.807, 2.05) is 12.1 Å². The van der Waals surface area contributed by atoms with Crippen LogP contribution in [-0.2, 0) is 9.53 Å². The van der Waals surface area contributed by atoms with E-state index in [1.165, 1.54) is 16.5 Å². The monoisotopic (exact) mass is 410 g/mol. The number of aliphatic hydroxyl groups is 1. The van der Waals surface area contributed by atoms with E-state index in [-0.39, 0.29) is 18.4 Å². The SMILES string of the molecule is NC(=O)C1CCN(CC(O)COc2ccc3cc(C4=CCOCC4)ccc3c2)CC1. The molecule has 0 bridgehead atoms. The van der Waals surface area contributed by atoms with Crippen LogP contribution in [0.1, 0.15) is 24.8 Å². The second kappa shape index (κ2) is 9.60. The van der Waals surface area contributed by atoms with Crippen molar-refractivity contribution in [3.63, 3.8) is 0 Å². The average Bonchev–Trinajstić information content (AvgIpc) is 2.78. The van der Waals surface area contributed by atoms with E-state index in [0.29, 0.717) is 13.2 Å². The first-order valence-corrected chi connectivity index (χ1v) is 10.7. The predicted molar refractivity (Wildman–Crippen MR) is 117 cm³/mol. The molecular formula is C24H30N2O4. The number of amides is 1. The maximum absolute atomic E-state index is 11.3. The van der Waals surface area contributed by atoms with E-state index >= 15 is 0 Å². The molecule has 4 rings (SSSR count). The summed E-state index contributed by atoms with van der Waals surface area (Å²) in [5.41, 5.74) is 7.96. The van der Waals surface area contributed by atoms with E-state index in [1.54, 1.807) is 0 Å². The Morgan fingerprint density at radius 2 is 1.97 bits per heavy atom. The van der Waals surface area contributed by atoms with Crippen molar-refractivity contribution in [1.29, 1.82) is 0 Å². The molecule has 0 radical (unpaired) electrons. The molecule has 160 valence electrons. The van der Waals surface area contributed by atoms with Crippen molar-refractivity contribution in [2.45, 2.75) is 25.4 Å². The minimum Gasteiger partial charge on any atom is -0.491 e. The molecule has 6 nitrogen and oxygen atoms in total. The van der Waals surface area contributed by atoms with Gasteiger partial charge in [-0.05, 0) is 72.5 Å². The van der Waals surface area contributed by atoms with Crippen LogP contribution in [0.3, 0.4) is 0 Å². The lowest BCUT2D eigenvalue weighted by atomic mass is 9.96. The molecule has 0 spiro atoms. The number of ether oxygens (including phenoxy) is 2. The molecule has 0 saturated carbocycles. The van der Waals surface area contributed by atoms with Crippen molar-refractivity contribution >= 4 is 22.3 Å². The minimum absolute atomic E-state index is 0.0319. The van der Waals surface area contributed by atoms with Gasteiger partial charge in [0.25, 0.3) is 0 Å². The van der Waals surface area contributed by atoms with Crippen LogP contribution in [0.25, 0.3) is 16.3 Å². The van der Waals surface area contributed by atoms with Crippen molar-refractivity contribution in [2.24, 2.45) is 11.7 Å². The summed E-state index contributed by atoms with van der Waals surface area (Å²) >= 11 is 0. The zero-order valence-corrected chi connectivity index (χ0v) is 17.3. The number of likely N-dealkylation sites (tertiary alicyclic amines) is 1. The van der Waals surface area contributed by atoms with Crippen LogP contribution in [0.15, 0.2) is 42.5 Å². The molecule has 2 heterocycles. The normalized spacial score (nSPS) is 19.4. The van der Waals surface area contributed by atoms with Crippen LogP contribution in [0.4, 0.5) is 0 Å². The summed E-state index contributed by atoms with van der Waals surface area (Å²) in [4.78, 5) is 13.4. The van der Waals surface area contributed by atoms with Gasteiger partial charge in [-0.25, -0.2) is 0 Å². The fourth-order valence-corrected chi connectivity index (χ4v) is 4.25. The van der Waals surface area contributed by atoms with Crippen molar-refractivity contribution in [2.75, 3.05) is 39.5 Å². The Bertz CT molecular complexity index is 919. The number of hydrogen-bond donors (Lipinski definition) is 2. The maximum Gasteiger partial charge on any atom is 0.220 e. The van der Waals surface area contributed by atoms with Gasteiger partial charge in [-0.1, -0.05) is 24.3 Å². The molecule has 2 aromatic carbocycles. The molecule has 3 N–H and O–H groups in total. The Kier molecular flexibility index (Phi) is 6.67. The number of piperidine rings is 1. The zero-order valence-electron chi connectivity index (χ0n) is 17.3. The van der Waals surface area contributed by atoms with Crippen LogP contribution in [-0.4, -0.2) is 61.5 Å². The van der Waals surface area contributed by atoms with Crippen LogP contribution < -0.4 is 10.5 Å². The molecule has 1 saturated heterocycles. The van der Waals surface area contributed by atoms with Gasteiger partial charge in [-0.3, -0.25) is 4.79 Å². The number of rotatable bonds is 7. The topological polar surface area (TPSA) is 85.0 Å². The minimum atomic E-state index is -0.575. The summed E-state index contributed by atoms with van der Waals surface area (Å²) in [6.45, 7) is 3.82. The molecule has 2 aliphatic rings. The Morgan fingerprint density at radius 3 is 2.70 bits per heavy atom. The molecule has 0 aromatic heterocycles. The molecule has 1 amide bonds. The maximum atomic E-state index is 11.3. The summed E-state index contributed by atoms with van der Waals surface area (Å²) in [7, 11) is 0. The molecule has 0 aliphatic carbocycles. The largest absolute Gasteiger partial charge is 0.491 e. The highest BCUT2D eigenvalue weighted by molar-refractivity contribution is 5.87. The molecule has 1 atom stereocenters. The first kappa shape index (κ1) is 20.8. The van der Waals surface area contributed by atoms with Crippen molar-refractivity contribution in [1.82, 2.24) is 4.90 Å². The third-order valence-electron chi connectivity index (χ3n) is 6.05. The number of carbonyl (C=O) groups excluding carboxylic acids is 1. The van der Waals surface area contributed by atoms with E-state index in [9.17, 15) is 9.90 Å². The van der Waals surface area contributed by atoms with E-state index in [0.717, 1.165) is 50.1 Å². The quantitative estimate of drug-likeness (QED) is 0.733. The molecule has 2 aromatic rings. The van der Waals surface area contributed by atoms with Gasteiger partial charge in [0.15, 0.2) is 0 Å². The Hall–Kier alpha value is -2.41. The first-order valence-electron chi connectivity index (χ1n) is 10.7. The lowest BCUT2D eigenvalue weighted by molar-refractivity contribution is -0.123. The van der Waals surface area contributed by atoms with Crippen molar-refractivity contribution in [3.05, 3.63) is 48.0 Å². The number of hydrogen-bond acceptors (Lipinski definition) is 5. The molecule has 1 fully saturated rings. The van der Waals surface area contributed by atoms with Crippen LogP contribution in [0.5, 0.6) is 5.75 Å². The van der Waals surface area contributed by atoms with Gasteiger partial charge in [0.1, 0.15) is 18.5 Å². The first-order chi connectivity index (χ1) is 14.6. The highest BCUT2D eigenvalue weighted by Crippen LogP contribution is 2.27. The molecule has 1 unspecified atom stereocenters. The number of β-amino-alcohol motifs (C(OH)–C–C–N with tert-alkyl or cyclic N) is 1. The number of primary amides is 1. The summed E-state index contributed by atoms with van der Waals surface area (Å²) in [6, 6.07) is 12.5. The van der Waals surface area contributed by atoms with Crippen molar-refractivity contribution in [3.8, 4) is 5.75 Å². The number of carbonyl (C=O) groups is 1. The van der Waals surface area contributed by atoms with Gasteiger partial charge in [0.2, 0.25) is 5.91 Å². The van der Waals surface area contributed by atoms with Gasteiger partial charge in [-0.15, -0.1) is 0 Å². The average molecular weight is 411 g/mol. The molecule has 6 heteroatoms. The third-order valence-corrected chi connectivity index (χ3v) is 6.05. The molecule has 2 aliphatic heterocycles. The summed E-state index contributed by atoms with van der Waals surface area (Å²) in [5, 5.41) is 12.6. The fraction of sp³-hybridized carbons (Fsp3) is 0.458. The molecule has 30 heavy (non-hydrogen) atoms. The Balaban J connectivity index is 1.30. The Morgan fingerprint density at radius 1 is 1.20 bits per heavy atom. The summed E-state index contributed by atoms with van der Waals surface area (Å²) in [6.07, 6.45) is 4.05. The standard InChI is InChI=1S/C24H30N2O4/c25-24(28)18-5-9-26(10-6-18)15-22(27)16-30-23-4-3-20-13-19(1-2-21(20)14-23)17-7-11-29-12-8-17/h1-4,7,13-14,18,22,27H,5-6,8-12,15-16H2,(H2,25,28). The predicted octanol–water partition coefficient (Wildman–Crippen LogP) is 2.58. The smallest absolute Gasteiger partial charge is 0.220 e. The van der Waals surface area contributed by atoms with Gasteiger partial charge >= 0.3 is 0 Å². The zero-order chi connectivity index (χ0) is 20.9. The fourth-order valence-electron chi connectivity index (χ4n) is 4.25. The van der Waals surface area contributed by atoms with Crippen molar-refractivity contribution < 1.29 is 19.4 Å². The summed E-state index contributed by atoms with van der Waals surface area (Å²) in [5.74, 6) is 0.508. The van der Waals surface area contributed by atoms with Crippen LogP contribution in [0.2, 0.25) is 0 Å². The van der Waals surface area contributed by atoms with Gasteiger partial charge in [-0.2, -0.15) is 0 Å².